The molecule has 0 aliphatic carbocycles. The highest BCUT2D eigenvalue weighted by Crippen LogP contribution is 2.20. The third-order valence-electron chi connectivity index (χ3n) is 3.29. The van der Waals surface area contributed by atoms with Crippen LogP contribution in [0.2, 0.25) is 5.02 Å². The maximum atomic E-state index is 13.1. The summed E-state index contributed by atoms with van der Waals surface area (Å²) in [6.45, 7) is 5.45. The first-order chi connectivity index (χ1) is 9.35. The number of benzene rings is 1. The van der Waals surface area contributed by atoms with Crippen LogP contribution in [0.5, 0.6) is 0 Å². The molecule has 0 spiro atoms. The molecule has 0 saturated carbocycles. The van der Waals surface area contributed by atoms with E-state index in [0.717, 1.165) is 5.56 Å². The van der Waals surface area contributed by atoms with Crippen LogP contribution in [-0.2, 0) is 0 Å². The van der Waals surface area contributed by atoms with Crippen molar-refractivity contribution in [1.82, 2.24) is 10.6 Å². The van der Waals surface area contributed by atoms with Crippen LogP contribution in [0.1, 0.15) is 32.4 Å². The van der Waals surface area contributed by atoms with Crippen LogP contribution in [0.3, 0.4) is 0 Å². The van der Waals surface area contributed by atoms with Crippen LogP contribution in [0.4, 0.5) is 9.18 Å². The molecule has 112 valence electrons. The lowest BCUT2D eigenvalue weighted by atomic mass is 10.1. The number of halogens is 2. The van der Waals surface area contributed by atoms with Gasteiger partial charge >= 0.3 is 6.03 Å². The van der Waals surface area contributed by atoms with E-state index in [2.05, 4.69) is 10.6 Å². The van der Waals surface area contributed by atoms with Crippen LogP contribution in [0, 0.1) is 11.7 Å². The molecular formula is C14H20ClFN2O2. The van der Waals surface area contributed by atoms with Crippen molar-refractivity contribution in [3.05, 3.63) is 34.6 Å². The molecule has 0 bridgehead atoms. The summed E-state index contributed by atoms with van der Waals surface area (Å²) in [7, 11) is 0. The fraction of sp³-hybridized carbons (Fsp3) is 0.500. The Labute approximate surface area is 123 Å². The van der Waals surface area contributed by atoms with E-state index in [4.69, 9.17) is 16.7 Å². The molecular weight excluding hydrogens is 283 g/mol. The molecule has 2 amide bonds. The maximum Gasteiger partial charge on any atom is 0.315 e. The second kappa shape index (κ2) is 7.45. The lowest BCUT2D eigenvalue weighted by molar-refractivity contribution is 0.199. The van der Waals surface area contributed by atoms with Crippen molar-refractivity contribution >= 4 is 17.6 Å². The van der Waals surface area contributed by atoms with Crippen molar-refractivity contribution in [2.24, 2.45) is 5.92 Å². The van der Waals surface area contributed by atoms with E-state index in [9.17, 15) is 9.18 Å². The summed E-state index contributed by atoms with van der Waals surface area (Å²) in [6.07, 6.45) is 0. The highest BCUT2D eigenvalue weighted by atomic mass is 35.5. The fourth-order valence-electron chi connectivity index (χ4n) is 1.61. The topological polar surface area (TPSA) is 61.4 Å². The summed E-state index contributed by atoms with van der Waals surface area (Å²) in [5.74, 6) is -0.520. The summed E-state index contributed by atoms with van der Waals surface area (Å²) in [5, 5.41) is 14.5. The molecule has 6 heteroatoms. The van der Waals surface area contributed by atoms with Crippen molar-refractivity contribution < 1.29 is 14.3 Å². The number of amides is 2. The largest absolute Gasteiger partial charge is 0.396 e. The molecule has 3 atom stereocenters. The van der Waals surface area contributed by atoms with Crippen LogP contribution >= 0.6 is 11.6 Å². The molecule has 0 saturated heterocycles. The maximum absolute atomic E-state index is 13.1. The van der Waals surface area contributed by atoms with E-state index in [1.165, 1.54) is 12.1 Å². The first kappa shape index (κ1) is 16.7. The number of urea groups is 1. The number of rotatable bonds is 5. The van der Waals surface area contributed by atoms with Gasteiger partial charge in [0.15, 0.2) is 0 Å². The van der Waals surface area contributed by atoms with Gasteiger partial charge in [0.2, 0.25) is 0 Å². The van der Waals surface area contributed by atoms with Crippen molar-refractivity contribution in [1.29, 1.82) is 0 Å². The number of nitrogens with one attached hydrogen (secondary N) is 2. The zero-order valence-corrected chi connectivity index (χ0v) is 12.5. The molecule has 0 radical (unpaired) electrons. The second-order valence-corrected chi connectivity index (χ2v) is 5.37. The Hall–Kier alpha value is -1.33. The Morgan fingerprint density at radius 3 is 2.55 bits per heavy atom. The summed E-state index contributed by atoms with van der Waals surface area (Å²) in [6, 6.07) is 3.54. The van der Waals surface area contributed by atoms with Gasteiger partial charge in [-0.15, -0.1) is 0 Å². The van der Waals surface area contributed by atoms with Gasteiger partial charge in [-0.2, -0.15) is 0 Å². The lowest BCUT2D eigenvalue weighted by Gasteiger charge is -2.21. The van der Waals surface area contributed by atoms with Crippen molar-refractivity contribution in [3.8, 4) is 0 Å². The molecule has 3 unspecified atom stereocenters. The number of carbonyl (C=O) groups is 1. The number of aliphatic hydroxyl groups excluding tert-OH is 1. The molecule has 1 aromatic carbocycles. The van der Waals surface area contributed by atoms with Crippen LogP contribution in [0.25, 0.3) is 0 Å². The molecule has 1 aromatic rings. The molecule has 3 N–H and O–H groups in total. The number of hydrogen-bond donors (Lipinski definition) is 3. The van der Waals surface area contributed by atoms with Gasteiger partial charge in [-0.1, -0.05) is 24.6 Å². The van der Waals surface area contributed by atoms with Gasteiger partial charge in [0.25, 0.3) is 0 Å². The smallest absolute Gasteiger partial charge is 0.315 e. The molecule has 0 aromatic heterocycles. The van der Waals surface area contributed by atoms with E-state index in [-0.39, 0.29) is 35.7 Å². The number of carbonyl (C=O) groups excluding carboxylic acids is 1. The highest BCUT2D eigenvalue weighted by molar-refractivity contribution is 6.30. The van der Waals surface area contributed by atoms with Crippen molar-refractivity contribution in [2.45, 2.75) is 32.9 Å². The van der Waals surface area contributed by atoms with E-state index in [1.807, 2.05) is 13.8 Å². The Bertz CT molecular complexity index is 470. The zero-order chi connectivity index (χ0) is 15.3. The Morgan fingerprint density at radius 2 is 2.00 bits per heavy atom. The standard InChI is InChI=1S/C14H20ClFN2O2/c1-8(7-19)9(2)17-14(20)18-10(3)11-4-5-13(16)12(15)6-11/h4-6,8-10,19H,7H2,1-3H3,(H2,17,18,20). The van der Waals surface area contributed by atoms with Gasteiger partial charge < -0.3 is 15.7 Å². The minimum absolute atomic E-state index is 0.00453. The number of hydrogen-bond acceptors (Lipinski definition) is 2. The van der Waals surface area contributed by atoms with E-state index in [0.29, 0.717) is 0 Å². The minimum Gasteiger partial charge on any atom is -0.396 e. The van der Waals surface area contributed by atoms with E-state index < -0.39 is 5.82 Å². The first-order valence-electron chi connectivity index (χ1n) is 6.48. The first-order valence-corrected chi connectivity index (χ1v) is 6.85. The summed E-state index contributed by atoms with van der Waals surface area (Å²) in [5.41, 5.74) is 0.717. The molecule has 0 fully saturated rings. The van der Waals surface area contributed by atoms with Gasteiger partial charge in [-0.05, 0) is 37.5 Å². The van der Waals surface area contributed by atoms with Gasteiger partial charge in [0.05, 0.1) is 11.1 Å². The predicted octanol–water partition coefficient (Wildman–Crippen LogP) is 2.86. The Balaban J connectivity index is 2.59. The quantitative estimate of drug-likeness (QED) is 0.783. The summed E-state index contributed by atoms with van der Waals surface area (Å²) >= 11 is 5.71. The minimum atomic E-state index is -0.488. The third kappa shape index (κ3) is 4.65. The van der Waals surface area contributed by atoms with E-state index >= 15 is 0 Å². The monoisotopic (exact) mass is 302 g/mol. The van der Waals surface area contributed by atoms with Crippen molar-refractivity contribution in [2.75, 3.05) is 6.61 Å². The summed E-state index contributed by atoms with van der Waals surface area (Å²) in [4.78, 5) is 11.8. The van der Waals surface area contributed by atoms with Crippen LogP contribution in [0.15, 0.2) is 18.2 Å². The molecule has 4 nitrogen and oxygen atoms in total. The normalized spacial score (nSPS) is 15.3. The average Bonchev–Trinajstić information content (AvgIpc) is 2.40. The SMILES string of the molecule is CC(NC(=O)NC(C)C(C)CO)c1ccc(F)c(Cl)c1. The molecule has 20 heavy (non-hydrogen) atoms. The average molecular weight is 303 g/mol. The number of aliphatic hydroxyl groups is 1. The molecule has 0 aliphatic rings. The Morgan fingerprint density at radius 1 is 1.35 bits per heavy atom. The fourth-order valence-corrected chi connectivity index (χ4v) is 1.80. The second-order valence-electron chi connectivity index (χ2n) is 4.96. The predicted molar refractivity (Wildman–Crippen MR) is 77.2 cm³/mol. The zero-order valence-electron chi connectivity index (χ0n) is 11.8. The highest BCUT2D eigenvalue weighted by Gasteiger charge is 2.16. The van der Waals surface area contributed by atoms with Crippen LogP contribution in [-0.4, -0.2) is 23.8 Å². The lowest BCUT2D eigenvalue weighted by Crippen LogP contribution is -2.44. The van der Waals surface area contributed by atoms with Gasteiger partial charge in [0, 0.05) is 12.6 Å². The van der Waals surface area contributed by atoms with Crippen molar-refractivity contribution in [3.63, 3.8) is 0 Å². The van der Waals surface area contributed by atoms with Gasteiger partial charge in [0.1, 0.15) is 5.82 Å². The van der Waals surface area contributed by atoms with Crippen LogP contribution < -0.4 is 10.6 Å². The third-order valence-corrected chi connectivity index (χ3v) is 3.58. The van der Waals surface area contributed by atoms with Gasteiger partial charge in [-0.3, -0.25) is 0 Å². The van der Waals surface area contributed by atoms with Gasteiger partial charge in [-0.25, -0.2) is 9.18 Å². The van der Waals surface area contributed by atoms with E-state index in [1.54, 1.807) is 13.0 Å². The molecule has 0 aliphatic heterocycles. The molecule has 0 heterocycles. The molecule has 1 rings (SSSR count). The summed E-state index contributed by atoms with van der Waals surface area (Å²) < 4.78 is 13.1. The Kier molecular flexibility index (Phi) is 6.23.